The van der Waals surface area contributed by atoms with Crippen molar-refractivity contribution < 1.29 is 9.13 Å². The molecule has 8 heteroatoms. The Balaban J connectivity index is 1.41. The molecule has 3 aromatic heterocycles. The highest BCUT2D eigenvalue weighted by Crippen LogP contribution is 2.32. The number of piperidine rings is 1. The summed E-state index contributed by atoms with van der Waals surface area (Å²) < 4.78 is 23.7. The molecule has 0 amide bonds. The molecule has 1 aromatic carbocycles. The van der Waals surface area contributed by atoms with Crippen LogP contribution in [-0.2, 0) is 17.9 Å². The average Bonchev–Trinajstić information content (AvgIpc) is 3.30. The predicted octanol–water partition coefficient (Wildman–Crippen LogP) is 5.93. The van der Waals surface area contributed by atoms with Gasteiger partial charge in [-0.05, 0) is 55.1 Å². The first kappa shape index (κ1) is 26.8. The summed E-state index contributed by atoms with van der Waals surface area (Å²) in [5, 5.41) is 1.65. The zero-order chi connectivity index (χ0) is 26.9. The van der Waals surface area contributed by atoms with E-state index in [2.05, 4.69) is 47.1 Å². The van der Waals surface area contributed by atoms with E-state index >= 15 is 0 Å². The van der Waals surface area contributed by atoms with Crippen molar-refractivity contribution in [3.63, 3.8) is 0 Å². The van der Waals surface area contributed by atoms with Crippen LogP contribution in [0.2, 0.25) is 25.7 Å². The normalized spacial score (nSPS) is 19.0. The van der Waals surface area contributed by atoms with Gasteiger partial charge in [-0.1, -0.05) is 38.7 Å². The number of benzene rings is 1. The topological polar surface area (TPSA) is 52.3 Å². The number of nitrogens with zero attached hydrogens (tertiary/aromatic N) is 4. The van der Waals surface area contributed by atoms with Gasteiger partial charge in [0, 0.05) is 63.9 Å². The lowest BCUT2D eigenvalue weighted by molar-refractivity contribution is 0.0899. The summed E-state index contributed by atoms with van der Waals surface area (Å²) in [7, 11) is -1.15. The first-order valence-corrected chi connectivity index (χ1v) is 17.4. The standard InChI is InChI=1S/C30H39FN4O2Si/c1-22-9-13-33(14-10-23-5-7-24(31)8-6-23)20-27(22)35-16-12-28(36)26-19-32-30-25(29(26)35)11-15-34(30)21-37-17-18-38(2,3)4/h5-8,11-12,15-16,19,22,27H,9-10,13-14,17-18,20-21H2,1-4H3/t22-,27+/m1/s1. The van der Waals surface area contributed by atoms with E-state index in [-0.39, 0.29) is 17.3 Å². The van der Waals surface area contributed by atoms with Crippen molar-refractivity contribution in [1.82, 2.24) is 19.0 Å². The van der Waals surface area contributed by atoms with Crippen molar-refractivity contribution in [2.75, 3.05) is 26.2 Å². The number of aromatic nitrogens is 3. The number of rotatable bonds is 9. The van der Waals surface area contributed by atoms with Crippen molar-refractivity contribution in [2.24, 2.45) is 5.92 Å². The fraction of sp³-hybridized carbons (Fsp3) is 0.467. The number of ether oxygens (including phenoxy) is 1. The molecule has 38 heavy (non-hydrogen) atoms. The zero-order valence-corrected chi connectivity index (χ0v) is 24.0. The van der Waals surface area contributed by atoms with Gasteiger partial charge >= 0.3 is 0 Å². The van der Waals surface area contributed by atoms with Crippen LogP contribution in [0.1, 0.15) is 24.9 Å². The van der Waals surface area contributed by atoms with Crippen LogP contribution in [0.15, 0.2) is 59.8 Å². The molecule has 0 unspecified atom stereocenters. The lowest BCUT2D eigenvalue weighted by atomic mass is 9.92. The SMILES string of the molecule is C[C@@H]1CCN(CCc2ccc(F)cc2)C[C@@H]1n1ccc(=O)c2cnc3c(ccn3COCC[Si](C)(C)C)c21. The summed E-state index contributed by atoms with van der Waals surface area (Å²) in [5.41, 5.74) is 2.96. The average molecular weight is 535 g/mol. The highest BCUT2D eigenvalue weighted by Gasteiger charge is 2.28. The lowest BCUT2D eigenvalue weighted by Crippen LogP contribution is -2.41. The van der Waals surface area contributed by atoms with Crippen molar-refractivity contribution in [3.8, 4) is 0 Å². The quantitative estimate of drug-likeness (QED) is 0.197. The third kappa shape index (κ3) is 5.92. The van der Waals surface area contributed by atoms with Gasteiger partial charge in [0.1, 0.15) is 18.2 Å². The van der Waals surface area contributed by atoms with Gasteiger partial charge in [0.2, 0.25) is 0 Å². The molecular weight excluding hydrogens is 495 g/mol. The number of pyridine rings is 2. The van der Waals surface area contributed by atoms with Crippen molar-refractivity contribution in [2.45, 2.75) is 58.2 Å². The number of halogens is 1. The highest BCUT2D eigenvalue weighted by atomic mass is 28.3. The van der Waals surface area contributed by atoms with Crippen LogP contribution in [0.25, 0.3) is 21.9 Å². The summed E-state index contributed by atoms with van der Waals surface area (Å²) in [4.78, 5) is 20.1. The third-order valence-electron chi connectivity index (χ3n) is 7.89. The zero-order valence-electron chi connectivity index (χ0n) is 23.0. The Kier molecular flexibility index (Phi) is 7.84. The Morgan fingerprint density at radius 3 is 2.63 bits per heavy atom. The summed E-state index contributed by atoms with van der Waals surface area (Å²) in [5.74, 6) is 0.274. The van der Waals surface area contributed by atoms with Crippen LogP contribution in [0.3, 0.4) is 0 Å². The smallest absolute Gasteiger partial charge is 0.190 e. The van der Waals surface area contributed by atoms with E-state index < -0.39 is 8.07 Å². The molecular formula is C30H39FN4O2Si. The summed E-state index contributed by atoms with van der Waals surface area (Å²) in [6.07, 6.45) is 7.70. The van der Waals surface area contributed by atoms with Crippen LogP contribution < -0.4 is 5.43 Å². The van der Waals surface area contributed by atoms with E-state index in [1.807, 2.05) is 29.1 Å². The molecule has 0 N–H and O–H groups in total. The predicted molar refractivity (Wildman–Crippen MR) is 155 cm³/mol. The molecule has 202 valence electrons. The molecule has 1 aliphatic rings. The fourth-order valence-electron chi connectivity index (χ4n) is 5.44. The number of hydrogen-bond donors (Lipinski definition) is 0. The first-order valence-electron chi connectivity index (χ1n) is 13.7. The summed E-state index contributed by atoms with van der Waals surface area (Å²) in [6.45, 7) is 13.4. The minimum Gasteiger partial charge on any atom is -0.361 e. The monoisotopic (exact) mass is 534 g/mol. The molecule has 5 rings (SSSR count). The maximum atomic E-state index is 13.3. The fourth-order valence-corrected chi connectivity index (χ4v) is 6.19. The molecule has 0 radical (unpaired) electrons. The Morgan fingerprint density at radius 1 is 1.08 bits per heavy atom. The molecule has 4 heterocycles. The Hall–Kier alpha value is -2.81. The van der Waals surface area contributed by atoms with Crippen LogP contribution in [0.5, 0.6) is 0 Å². The summed E-state index contributed by atoms with van der Waals surface area (Å²) >= 11 is 0. The molecule has 1 aliphatic heterocycles. The van der Waals surface area contributed by atoms with Crippen molar-refractivity contribution in [3.05, 3.63) is 76.6 Å². The van der Waals surface area contributed by atoms with E-state index in [9.17, 15) is 9.18 Å². The lowest BCUT2D eigenvalue weighted by Gasteiger charge is -2.39. The van der Waals surface area contributed by atoms with Gasteiger partial charge in [-0.2, -0.15) is 0 Å². The van der Waals surface area contributed by atoms with Gasteiger partial charge in [0.05, 0.1) is 10.9 Å². The molecule has 0 aliphatic carbocycles. The van der Waals surface area contributed by atoms with E-state index in [4.69, 9.17) is 4.74 Å². The van der Waals surface area contributed by atoms with Crippen molar-refractivity contribution in [1.29, 1.82) is 0 Å². The van der Waals surface area contributed by atoms with Crippen LogP contribution in [-0.4, -0.2) is 53.3 Å². The minimum absolute atomic E-state index is 0.00131. The number of fused-ring (bicyclic) bond motifs is 3. The Morgan fingerprint density at radius 2 is 1.87 bits per heavy atom. The molecule has 2 atom stereocenters. The van der Waals surface area contributed by atoms with Gasteiger partial charge in [-0.15, -0.1) is 0 Å². The largest absolute Gasteiger partial charge is 0.361 e. The molecule has 0 bridgehead atoms. The molecule has 1 saturated heterocycles. The molecule has 4 aromatic rings. The van der Waals surface area contributed by atoms with E-state index in [0.717, 1.165) is 67.2 Å². The van der Waals surface area contributed by atoms with Crippen LogP contribution >= 0.6 is 0 Å². The van der Waals surface area contributed by atoms with Gasteiger partial charge in [0.15, 0.2) is 5.43 Å². The van der Waals surface area contributed by atoms with Crippen molar-refractivity contribution >= 4 is 30.0 Å². The Labute approximate surface area is 225 Å². The second-order valence-electron chi connectivity index (χ2n) is 12.0. The molecule has 1 fully saturated rings. The van der Waals surface area contributed by atoms with Gasteiger partial charge < -0.3 is 18.8 Å². The van der Waals surface area contributed by atoms with Crippen LogP contribution in [0.4, 0.5) is 4.39 Å². The summed E-state index contributed by atoms with van der Waals surface area (Å²) in [6, 6.07) is 11.9. The van der Waals surface area contributed by atoms with E-state index in [1.54, 1.807) is 12.3 Å². The number of hydrogen-bond acceptors (Lipinski definition) is 4. The van der Waals surface area contributed by atoms with Crippen LogP contribution in [0, 0.1) is 11.7 Å². The minimum atomic E-state index is -1.15. The Bertz CT molecular complexity index is 1460. The molecule has 0 saturated carbocycles. The number of likely N-dealkylation sites (tertiary alicyclic amines) is 1. The molecule has 0 spiro atoms. The second kappa shape index (κ2) is 11.1. The third-order valence-corrected chi connectivity index (χ3v) is 9.59. The second-order valence-corrected chi connectivity index (χ2v) is 17.6. The van der Waals surface area contributed by atoms with Gasteiger partial charge in [0.25, 0.3) is 0 Å². The first-order chi connectivity index (χ1) is 18.2. The molecule has 6 nitrogen and oxygen atoms in total. The maximum absolute atomic E-state index is 13.3. The van der Waals surface area contributed by atoms with Gasteiger partial charge in [-0.3, -0.25) is 4.79 Å². The maximum Gasteiger partial charge on any atom is 0.190 e. The highest BCUT2D eigenvalue weighted by molar-refractivity contribution is 6.76. The van der Waals surface area contributed by atoms with Gasteiger partial charge in [-0.25, -0.2) is 9.37 Å². The van der Waals surface area contributed by atoms with E-state index in [0.29, 0.717) is 18.0 Å². The van der Waals surface area contributed by atoms with E-state index in [1.165, 1.54) is 12.1 Å².